The maximum Gasteiger partial charge on any atom is 0.313 e. The van der Waals surface area contributed by atoms with Crippen LogP contribution in [0.25, 0.3) is 5.69 Å². The Morgan fingerprint density at radius 2 is 2.00 bits per heavy atom. The number of aromatic nitrogens is 3. The zero-order valence-corrected chi connectivity index (χ0v) is 22.9. The minimum Gasteiger partial charge on any atom is -0.493 e. The normalized spacial score (nSPS) is 18.2. The van der Waals surface area contributed by atoms with Crippen molar-refractivity contribution in [1.82, 2.24) is 30.8 Å². The van der Waals surface area contributed by atoms with Crippen LogP contribution in [0.3, 0.4) is 0 Å². The summed E-state index contributed by atoms with van der Waals surface area (Å²) >= 11 is 6.49. The van der Waals surface area contributed by atoms with E-state index in [4.69, 9.17) is 30.5 Å². The number of carbonyl (C=O) groups excluding carboxylic acids is 1. The third kappa shape index (κ3) is 5.35. The topological polar surface area (TPSA) is 124 Å². The number of aryl methyl sites for hydroxylation is 1. The first kappa shape index (κ1) is 26.7. The molecule has 0 spiro atoms. The number of fused-ring (bicyclic) bond motifs is 3. The van der Waals surface area contributed by atoms with Gasteiger partial charge in [-0.05, 0) is 44.5 Å². The van der Waals surface area contributed by atoms with Crippen molar-refractivity contribution >= 4 is 23.4 Å². The van der Waals surface area contributed by atoms with E-state index in [-0.39, 0.29) is 12.4 Å². The molecule has 12 nitrogen and oxygen atoms in total. The van der Waals surface area contributed by atoms with Crippen LogP contribution in [0, 0.1) is 6.92 Å². The molecule has 3 aromatic rings. The lowest BCUT2D eigenvalue weighted by Crippen LogP contribution is -2.43. The molecule has 3 heterocycles. The third-order valence-electron chi connectivity index (χ3n) is 6.47. The second-order valence-corrected chi connectivity index (χ2v) is 9.36. The summed E-state index contributed by atoms with van der Waals surface area (Å²) in [6.45, 7) is 4.44. The third-order valence-corrected chi connectivity index (χ3v) is 6.70. The van der Waals surface area contributed by atoms with Crippen LogP contribution in [-0.4, -0.2) is 59.1 Å². The molecule has 2 unspecified atom stereocenters. The molecule has 0 radical (unpaired) electrons. The highest BCUT2D eigenvalue weighted by molar-refractivity contribution is 6.30. The molecule has 1 aromatic heterocycles. The summed E-state index contributed by atoms with van der Waals surface area (Å²) in [7, 11) is 3.20. The second kappa shape index (κ2) is 11.5. The molecule has 39 heavy (non-hydrogen) atoms. The zero-order chi connectivity index (χ0) is 27.5. The number of nitrogens with zero attached hydrogens (tertiary/aromatic N) is 5. The number of ether oxygens (including phenoxy) is 4. The fourth-order valence-electron chi connectivity index (χ4n) is 4.79. The molecule has 206 valence electrons. The molecular weight excluding hydrogens is 526 g/mol. The lowest BCUT2D eigenvalue weighted by atomic mass is 9.98. The highest BCUT2D eigenvalue weighted by atomic mass is 35.5. The number of halogens is 1. The quantitative estimate of drug-likeness (QED) is 0.380. The minimum absolute atomic E-state index is 0.0402. The molecule has 0 saturated carbocycles. The van der Waals surface area contributed by atoms with Gasteiger partial charge in [-0.25, -0.2) is 5.53 Å². The highest BCUT2D eigenvalue weighted by Crippen LogP contribution is 2.46. The average Bonchev–Trinajstić information content (AvgIpc) is 3.51. The number of hydrogen-bond donors (Lipinski definition) is 2. The molecule has 2 aliphatic heterocycles. The zero-order valence-electron chi connectivity index (χ0n) is 22.1. The standard InChI is InChI=1S/C26H30ClN7O5/c1-5-38-23(35)14-22-29-32-33(31-22)12-11-21-26-30-28-15(2)34(26)19-10-9-16(27)13-18(19)24(39-21)17-7-6-8-20(36-3)25(17)37-4/h6-10,13,21,24,32H,5,11-12,14H2,1-4H3,(H,29,31). The Balaban J connectivity index is 1.47. The van der Waals surface area contributed by atoms with Gasteiger partial charge >= 0.3 is 5.97 Å². The first-order valence-corrected chi connectivity index (χ1v) is 12.9. The summed E-state index contributed by atoms with van der Waals surface area (Å²) < 4.78 is 25.2. The maximum absolute atomic E-state index is 11.8. The Morgan fingerprint density at radius 1 is 1.15 bits per heavy atom. The van der Waals surface area contributed by atoms with Crippen LogP contribution in [0.4, 0.5) is 0 Å². The van der Waals surface area contributed by atoms with Crippen molar-refractivity contribution in [2.45, 2.75) is 38.9 Å². The molecule has 2 N–H and O–H groups in total. The van der Waals surface area contributed by atoms with Gasteiger partial charge in [-0.15, -0.1) is 20.4 Å². The van der Waals surface area contributed by atoms with Crippen molar-refractivity contribution in [3.05, 3.63) is 64.2 Å². The lowest BCUT2D eigenvalue weighted by molar-refractivity contribution is -0.141. The van der Waals surface area contributed by atoms with E-state index in [0.29, 0.717) is 47.8 Å². The van der Waals surface area contributed by atoms with E-state index < -0.39 is 12.2 Å². The van der Waals surface area contributed by atoms with E-state index in [2.05, 4.69) is 26.3 Å². The van der Waals surface area contributed by atoms with Crippen LogP contribution in [0.5, 0.6) is 11.5 Å². The number of benzene rings is 2. The first-order chi connectivity index (χ1) is 18.9. The van der Waals surface area contributed by atoms with Crippen molar-refractivity contribution < 1.29 is 23.7 Å². The molecule has 2 aliphatic rings. The van der Waals surface area contributed by atoms with Crippen LogP contribution in [0.15, 0.2) is 41.5 Å². The SMILES string of the molecule is CCOC(=O)CC1=NNN(CCC2OC(c3cccc(OC)c3OC)c3cc(Cl)ccc3-n3c(C)nnc32)N1. The Morgan fingerprint density at radius 3 is 2.77 bits per heavy atom. The molecule has 0 bridgehead atoms. The van der Waals surface area contributed by atoms with E-state index in [1.165, 1.54) is 0 Å². The fourth-order valence-corrected chi connectivity index (χ4v) is 4.97. The van der Waals surface area contributed by atoms with Gasteiger partial charge in [-0.2, -0.15) is 0 Å². The first-order valence-electron chi connectivity index (χ1n) is 12.5. The van der Waals surface area contributed by atoms with Gasteiger partial charge in [0.05, 0.1) is 26.5 Å². The van der Waals surface area contributed by atoms with Gasteiger partial charge in [-0.3, -0.25) is 14.8 Å². The Bertz CT molecular complexity index is 1400. The smallest absolute Gasteiger partial charge is 0.313 e. The van der Waals surface area contributed by atoms with Crippen molar-refractivity contribution in [3.8, 4) is 17.2 Å². The van der Waals surface area contributed by atoms with E-state index >= 15 is 0 Å². The molecule has 0 saturated heterocycles. The fraction of sp³-hybridized carbons (Fsp3) is 0.385. The summed E-state index contributed by atoms with van der Waals surface area (Å²) in [4.78, 5) is 11.8. The molecule has 5 rings (SSSR count). The van der Waals surface area contributed by atoms with Crippen LogP contribution in [0.1, 0.15) is 54.7 Å². The number of hydrogen-bond acceptors (Lipinski definition) is 11. The van der Waals surface area contributed by atoms with Crippen molar-refractivity contribution in [1.29, 1.82) is 0 Å². The van der Waals surface area contributed by atoms with Gasteiger partial charge in [-0.1, -0.05) is 23.7 Å². The maximum atomic E-state index is 11.8. The Kier molecular flexibility index (Phi) is 7.87. The van der Waals surface area contributed by atoms with Crippen molar-refractivity contribution in [2.75, 3.05) is 27.4 Å². The number of carbonyl (C=O) groups is 1. The molecule has 2 aromatic carbocycles. The van der Waals surface area contributed by atoms with E-state index in [1.807, 2.05) is 47.9 Å². The van der Waals surface area contributed by atoms with E-state index in [1.54, 1.807) is 26.3 Å². The van der Waals surface area contributed by atoms with Crippen LogP contribution < -0.4 is 20.4 Å². The predicted octanol–water partition coefficient (Wildman–Crippen LogP) is 3.39. The molecule has 2 atom stereocenters. The van der Waals surface area contributed by atoms with Gasteiger partial charge in [0, 0.05) is 22.7 Å². The van der Waals surface area contributed by atoms with Crippen molar-refractivity contribution in [3.63, 3.8) is 0 Å². The van der Waals surface area contributed by atoms with Crippen LogP contribution >= 0.6 is 11.6 Å². The average molecular weight is 556 g/mol. The molecule has 0 amide bonds. The number of esters is 1. The Labute approximate surface area is 230 Å². The number of methoxy groups -OCH3 is 2. The van der Waals surface area contributed by atoms with E-state index in [9.17, 15) is 4.79 Å². The second-order valence-electron chi connectivity index (χ2n) is 8.92. The van der Waals surface area contributed by atoms with Gasteiger partial charge in [0.1, 0.15) is 24.5 Å². The summed E-state index contributed by atoms with van der Waals surface area (Å²) in [5.74, 6) is 2.66. The molecule has 0 fully saturated rings. The summed E-state index contributed by atoms with van der Waals surface area (Å²) in [5.41, 5.74) is 8.48. The van der Waals surface area contributed by atoms with Crippen LogP contribution in [-0.2, 0) is 14.3 Å². The number of amidine groups is 1. The monoisotopic (exact) mass is 555 g/mol. The number of para-hydroxylation sites is 1. The van der Waals surface area contributed by atoms with E-state index in [0.717, 1.165) is 22.6 Å². The van der Waals surface area contributed by atoms with Gasteiger partial charge < -0.3 is 18.9 Å². The summed E-state index contributed by atoms with van der Waals surface area (Å²) in [5, 5.41) is 15.3. The van der Waals surface area contributed by atoms with Gasteiger partial charge in [0.15, 0.2) is 23.2 Å². The Hall–Kier alpha value is -3.87. The number of rotatable bonds is 9. The highest BCUT2D eigenvalue weighted by Gasteiger charge is 2.35. The molecular formula is C26H30ClN7O5. The number of hydrazone groups is 1. The van der Waals surface area contributed by atoms with Gasteiger partial charge in [0.25, 0.3) is 0 Å². The largest absolute Gasteiger partial charge is 0.493 e. The lowest BCUT2D eigenvalue weighted by Gasteiger charge is -2.26. The number of nitrogens with one attached hydrogen (secondary N) is 2. The predicted molar refractivity (Wildman–Crippen MR) is 143 cm³/mol. The molecule has 13 heteroatoms. The number of hydrazine groups is 2. The minimum atomic E-state index is -0.551. The van der Waals surface area contributed by atoms with Crippen molar-refractivity contribution in [2.24, 2.45) is 5.10 Å². The van der Waals surface area contributed by atoms with Crippen LogP contribution in [0.2, 0.25) is 5.02 Å². The summed E-state index contributed by atoms with van der Waals surface area (Å²) in [6.07, 6.45) is -0.482. The van der Waals surface area contributed by atoms with Gasteiger partial charge in [0.2, 0.25) is 0 Å². The molecule has 0 aliphatic carbocycles. The summed E-state index contributed by atoms with van der Waals surface area (Å²) in [6, 6.07) is 11.4.